The molecule has 0 aliphatic carbocycles. The van der Waals surface area contributed by atoms with Crippen LogP contribution in [0.4, 0.5) is 0 Å². The molecular weight excluding hydrogens is 148 g/mol. The molecule has 0 atom stereocenters. The topological polar surface area (TPSA) is 0 Å². The summed E-state index contributed by atoms with van der Waals surface area (Å²) < 4.78 is 0. The second kappa shape index (κ2) is 29.8. The van der Waals surface area contributed by atoms with E-state index in [2.05, 4.69) is 18.0 Å². The van der Waals surface area contributed by atoms with E-state index in [0.29, 0.717) is 0 Å². The molecule has 0 fully saturated rings. The first-order valence-electron chi connectivity index (χ1n) is 0.535. The molecule has 0 radical (unpaired) electrons. The third-order valence-electron chi connectivity index (χ3n) is 0. The average molecular weight is 150 g/mol. The van der Waals surface area contributed by atoms with Crippen LogP contribution in [0.15, 0.2) is 0 Å². The molecule has 0 aliphatic heterocycles. The van der Waals surface area contributed by atoms with Crippen molar-refractivity contribution < 1.29 is 17.3 Å². The van der Waals surface area contributed by atoms with Gasteiger partial charge in [-0.3, -0.25) is 6.38 Å². The van der Waals surface area contributed by atoms with E-state index in [1.54, 1.807) is 0 Å². The van der Waals surface area contributed by atoms with Gasteiger partial charge in [-0.2, -0.15) is 0 Å². The average Bonchev–Trinajstić information content (AvgIpc) is 1.50. The first kappa shape index (κ1) is 8.96. The van der Waals surface area contributed by atoms with Gasteiger partial charge >= 0.3 is 27.0 Å². The maximum absolute atomic E-state index is 4.76. The SMILES string of the molecule is [CH2-]Cl.[Cl][Zn+]. The zero-order chi connectivity index (χ0) is 4.00. The molecule has 0 bridgehead atoms. The molecule has 0 amide bonds. The molecule has 0 heterocycles. The van der Waals surface area contributed by atoms with Crippen molar-refractivity contribution in [3.8, 4) is 0 Å². The normalized spacial score (nSPS) is 3.25. The monoisotopic (exact) mass is 148 g/mol. The standard InChI is InChI=1S/CH2Cl.ClH.Zn/c1-2;;/h1H2;1H;/q-1;;+2/p-1. The first-order valence-corrected chi connectivity index (χ1v) is 4.97. The van der Waals surface area contributed by atoms with E-state index < -0.39 is 0 Å². The van der Waals surface area contributed by atoms with Gasteiger partial charge in [0.1, 0.15) is 0 Å². The Hall–Kier alpha value is 1.20. The maximum atomic E-state index is 4.76. The first-order chi connectivity index (χ1) is 2.00. The van der Waals surface area contributed by atoms with Crippen molar-refractivity contribution in [3.63, 3.8) is 0 Å². The van der Waals surface area contributed by atoms with Gasteiger partial charge in [0.15, 0.2) is 0 Å². The second-order valence-corrected chi connectivity index (χ2v) is 0. The van der Waals surface area contributed by atoms with E-state index >= 15 is 0 Å². The molecule has 0 aromatic carbocycles. The summed E-state index contributed by atoms with van der Waals surface area (Å²) in [5, 5.41) is 0. The fourth-order valence-corrected chi connectivity index (χ4v) is 0. The van der Waals surface area contributed by atoms with Gasteiger partial charge in [0.25, 0.3) is 0 Å². The summed E-state index contributed by atoms with van der Waals surface area (Å²) in [6.07, 6.45) is 2.72. The Balaban J connectivity index is 0. The Labute approximate surface area is 45.2 Å². The molecule has 3 heteroatoms. The minimum absolute atomic E-state index is 0.847. The van der Waals surface area contributed by atoms with Crippen molar-refractivity contribution in [1.82, 2.24) is 0 Å². The van der Waals surface area contributed by atoms with Crippen LogP contribution >= 0.6 is 21.3 Å². The van der Waals surface area contributed by atoms with Crippen molar-refractivity contribution in [2.45, 2.75) is 0 Å². The van der Waals surface area contributed by atoms with Gasteiger partial charge in [0.05, 0.1) is 0 Å². The summed E-state index contributed by atoms with van der Waals surface area (Å²) in [5.41, 5.74) is 0. The van der Waals surface area contributed by atoms with E-state index in [1.165, 1.54) is 0 Å². The molecule has 0 nitrogen and oxygen atoms in total. The van der Waals surface area contributed by atoms with E-state index in [-0.39, 0.29) is 0 Å². The third-order valence-corrected chi connectivity index (χ3v) is 0. The quantitative estimate of drug-likeness (QED) is 0.364. The van der Waals surface area contributed by atoms with Crippen molar-refractivity contribution in [2.24, 2.45) is 0 Å². The van der Waals surface area contributed by atoms with Crippen LogP contribution in [0.3, 0.4) is 0 Å². The zero-order valence-corrected chi connectivity index (χ0v) is 6.65. The Morgan fingerprint density at radius 3 is 1.25 bits per heavy atom. The van der Waals surface area contributed by atoms with Crippen LogP contribution in [-0.4, -0.2) is 0 Å². The number of rotatable bonds is 0. The number of halogens is 2. The zero-order valence-electron chi connectivity index (χ0n) is 2.17. The molecule has 0 saturated carbocycles. The van der Waals surface area contributed by atoms with E-state index in [0.717, 1.165) is 17.3 Å². The minimum atomic E-state index is 0.847. The van der Waals surface area contributed by atoms with Crippen LogP contribution < -0.4 is 0 Å². The molecule has 0 rings (SSSR count). The predicted octanol–water partition coefficient (Wildman–Crippen LogP) is 1.70. The molecule has 0 spiro atoms. The molecule has 0 aromatic rings. The van der Waals surface area contributed by atoms with Crippen LogP contribution in [-0.2, 0) is 17.3 Å². The Kier molecular flexibility index (Phi) is 66.7. The van der Waals surface area contributed by atoms with Gasteiger partial charge in [0, 0.05) is 0 Å². The van der Waals surface area contributed by atoms with Crippen molar-refractivity contribution in [3.05, 3.63) is 6.38 Å². The fraction of sp³-hybridized carbons (Fsp3) is 0. The van der Waals surface area contributed by atoms with Gasteiger partial charge in [-0.15, -0.1) is 0 Å². The van der Waals surface area contributed by atoms with Gasteiger partial charge in [-0.1, -0.05) is 0 Å². The van der Waals surface area contributed by atoms with Gasteiger partial charge < -0.3 is 11.6 Å². The Morgan fingerprint density at radius 1 is 1.25 bits per heavy atom. The van der Waals surface area contributed by atoms with Crippen LogP contribution in [0.1, 0.15) is 0 Å². The summed E-state index contributed by atoms with van der Waals surface area (Å²) in [4.78, 5) is 0. The van der Waals surface area contributed by atoms with Crippen LogP contribution in [0, 0.1) is 6.38 Å². The molecule has 0 aromatic heterocycles. The summed E-state index contributed by atoms with van der Waals surface area (Å²) in [5.74, 6) is 0. The second-order valence-electron chi connectivity index (χ2n) is 0. The summed E-state index contributed by atoms with van der Waals surface area (Å²) in [7, 11) is 4.76. The van der Waals surface area contributed by atoms with Crippen LogP contribution in [0.5, 0.6) is 0 Å². The summed E-state index contributed by atoms with van der Waals surface area (Å²) in [6, 6.07) is 0. The predicted molar refractivity (Wildman–Crippen MR) is 17.1 cm³/mol. The summed E-state index contributed by atoms with van der Waals surface area (Å²) in [6.45, 7) is 0. The third kappa shape index (κ3) is 10.7. The van der Waals surface area contributed by atoms with Crippen molar-refractivity contribution >= 4 is 21.3 Å². The van der Waals surface area contributed by atoms with Crippen LogP contribution in [0.2, 0.25) is 0 Å². The molecule has 0 saturated heterocycles. The van der Waals surface area contributed by atoms with E-state index in [9.17, 15) is 0 Å². The molecule has 0 aliphatic rings. The van der Waals surface area contributed by atoms with E-state index in [4.69, 9.17) is 9.69 Å². The molecule has 4 heavy (non-hydrogen) atoms. The molecular formula is CH2Cl2Zn. The van der Waals surface area contributed by atoms with Gasteiger partial charge in [-0.05, 0) is 0 Å². The fourth-order valence-electron chi connectivity index (χ4n) is 0. The van der Waals surface area contributed by atoms with Crippen molar-refractivity contribution in [1.29, 1.82) is 0 Å². The number of hydrogen-bond acceptors (Lipinski definition) is 0. The van der Waals surface area contributed by atoms with Gasteiger partial charge in [0.2, 0.25) is 0 Å². The van der Waals surface area contributed by atoms with E-state index in [1.807, 2.05) is 0 Å². The Bertz CT molecular complexity index is 6.00. The van der Waals surface area contributed by atoms with Crippen molar-refractivity contribution in [2.75, 3.05) is 0 Å². The summed E-state index contributed by atoms with van der Waals surface area (Å²) >= 11 is 5.24. The van der Waals surface area contributed by atoms with Crippen LogP contribution in [0.25, 0.3) is 0 Å². The van der Waals surface area contributed by atoms with Gasteiger partial charge in [-0.25, -0.2) is 0 Å². The molecule has 22 valence electrons. The molecule has 0 unspecified atom stereocenters. The Morgan fingerprint density at radius 2 is 1.25 bits per heavy atom. The number of hydrogen-bond donors (Lipinski definition) is 0. The molecule has 0 N–H and O–H groups in total.